The highest BCUT2D eigenvalue weighted by Gasteiger charge is 2.17. The number of rotatable bonds is 3. The first-order chi connectivity index (χ1) is 10.4. The standard InChI is InChI=1S/C15H16N2O3S/c1-3-21(20,16-12(2)18)14-9-5-4-8-13(14)17-11-7-6-10-15(17)19/h4-11H,3H2,1-2H3/i6T. The van der Waals surface area contributed by atoms with Gasteiger partial charge in [0.2, 0.25) is 0 Å². The van der Waals surface area contributed by atoms with Crippen LogP contribution in [0.1, 0.15) is 15.2 Å². The molecule has 0 radical (unpaired) electrons. The molecular weight excluding hydrogens is 288 g/mol. The average molecular weight is 306 g/mol. The highest BCUT2D eigenvalue weighted by atomic mass is 32.2. The van der Waals surface area contributed by atoms with E-state index in [2.05, 4.69) is 4.36 Å². The summed E-state index contributed by atoms with van der Waals surface area (Å²) in [5.41, 5.74) is 0.00461. The van der Waals surface area contributed by atoms with Crippen LogP contribution in [0, 0.1) is 0 Å². The molecule has 1 unspecified atom stereocenters. The van der Waals surface area contributed by atoms with Crippen LogP contribution in [-0.2, 0) is 14.5 Å². The molecule has 2 aromatic rings. The summed E-state index contributed by atoms with van der Waals surface area (Å²) in [6.07, 6.45) is 1.45. The van der Waals surface area contributed by atoms with Gasteiger partial charge >= 0.3 is 0 Å². The van der Waals surface area contributed by atoms with Crippen molar-refractivity contribution in [3.8, 4) is 5.69 Å². The van der Waals surface area contributed by atoms with Crippen molar-refractivity contribution in [1.82, 2.24) is 4.57 Å². The fraction of sp³-hybridized carbons (Fsp3) is 0.200. The van der Waals surface area contributed by atoms with E-state index >= 15 is 0 Å². The molecule has 6 heteroatoms. The first-order valence-corrected chi connectivity index (χ1v) is 8.10. The number of nitrogens with zero attached hydrogens (tertiary/aromatic N) is 2. The van der Waals surface area contributed by atoms with Crippen molar-refractivity contribution in [1.29, 1.82) is 0 Å². The second kappa shape index (κ2) is 6.05. The Hall–Kier alpha value is -2.21. The van der Waals surface area contributed by atoms with Crippen molar-refractivity contribution in [2.75, 3.05) is 5.75 Å². The summed E-state index contributed by atoms with van der Waals surface area (Å²) in [6, 6.07) is 9.39. The lowest BCUT2D eigenvalue weighted by atomic mass is 10.3. The summed E-state index contributed by atoms with van der Waals surface area (Å²) in [5, 5.41) is 0. The third-order valence-electron chi connectivity index (χ3n) is 2.90. The molecular formula is C15H16N2O3S. The number of benzene rings is 1. The van der Waals surface area contributed by atoms with Crippen LogP contribution in [0.3, 0.4) is 0 Å². The maximum absolute atomic E-state index is 13.0. The molecule has 1 aromatic carbocycles. The van der Waals surface area contributed by atoms with Gasteiger partial charge < -0.3 is 0 Å². The molecule has 0 N–H and O–H groups in total. The zero-order valence-electron chi connectivity index (χ0n) is 12.8. The molecule has 1 heterocycles. The summed E-state index contributed by atoms with van der Waals surface area (Å²) in [4.78, 5) is 23.7. The van der Waals surface area contributed by atoms with Crippen molar-refractivity contribution in [2.24, 2.45) is 4.36 Å². The topological polar surface area (TPSA) is 68.5 Å². The monoisotopic (exact) mass is 306 g/mol. The van der Waals surface area contributed by atoms with Gasteiger partial charge in [-0.25, -0.2) is 4.21 Å². The quantitative estimate of drug-likeness (QED) is 0.873. The lowest BCUT2D eigenvalue weighted by Gasteiger charge is -2.14. The van der Waals surface area contributed by atoms with Gasteiger partial charge in [0.25, 0.3) is 11.5 Å². The lowest BCUT2D eigenvalue weighted by Crippen LogP contribution is -2.19. The van der Waals surface area contributed by atoms with E-state index < -0.39 is 21.2 Å². The van der Waals surface area contributed by atoms with E-state index in [4.69, 9.17) is 1.37 Å². The molecule has 0 aliphatic heterocycles. The van der Waals surface area contributed by atoms with Gasteiger partial charge in [0.1, 0.15) is 0 Å². The van der Waals surface area contributed by atoms with Crippen LogP contribution >= 0.6 is 0 Å². The maximum atomic E-state index is 13.0. The molecule has 0 fully saturated rings. The molecule has 0 spiro atoms. The summed E-state index contributed by atoms with van der Waals surface area (Å²) >= 11 is 0. The van der Waals surface area contributed by atoms with Crippen LogP contribution in [0.5, 0.6) is 0 Å². The molecule has 0 saturated carbocycles. The summed E-state index contributed by atoms with van der Waals surface area (Å²) in [7, 11) is -2.94. The minimum atomic E-state index is -2.94. The van der Waals surface area contributed by atoms with Gasteiger partial charge in [0.05, 0.1) is 21.7 Å². The van der Waals surface area contributed by atoms with E-state index in [9.17, 15) is 13.8 Å². The van der Waals surface area contributed by atoms with E-state index in [1.165, 1.54) is 29.8 Å². The summed E-state index contributed by atoms with van der Waals surface area (Å²) in [5.74, 6) is -0.356. The second-order valence-electron chi connectivity index (χ2n) is 4.34. The van der Waals surface area contributed by atoms with Gasteiger partial charge in [0, 0.05) is 24.9 Å². The normalized spacial score (nSPS) is 14.1. The molecule has 0 aliphatic carbocycles. The van der Waals surface area contributed by atoms with Gasteiger partial charge in [-0.1, -0.05) is 25.1 Å². The van der Waals surface area contributed by atoms with Crippen LogP contribution in [0.15, 0.2) is 62.7 Å². The Morgan fingerprint density at radius 3 is 2.67 bits per heavy atom. The number of hydrogen-bond donors (Lipinski definition) is 0. The van der Waals surface area contributed by atoms with Crippen molar-refractivity contribution in [2.45, 2.75) is 18.7 Å². The Labute approximate surface area is 124 Å². The number of amides is 1. The molecule has 2 rings (SSSR count). The van der Waals surface area contributed by atoms with E-state index in [0.717, 1.165) is 0 Å². The Morgan fingerprint density at radius 2 is 2.05 bits per heavy atom. The molecule has 5 nitrogen and oxygen atoms in total. The largest absolute Gasteiger partial charge is 0.283 e. The maximum Gasteiger partial charge on any atom is 0.255 e. The van der Waals surface area contributed by atoms with Gasteiger partial charge in [-0.15, -0.1) is 0 Å². The number of aromatic nitrogens is 1. The predicted molar refractivity (Wildman–Crippen MR) is 82.1 cm³/mol. The Balaban J connectivity index is 2.79. The zero-order chi connectivity index (χ0) is 16.3. The van der Waals surface area contributed by atoms with Crippen LogP contribution in [0.25, 0.3) is 5.69 Å². The number of carbonyl (C=O) groups is 1. The number of para-hydroxylation sites is 1. The fourth-order valence-electron chi connectivity index (χ4n) is 1.98. The fourth-order valence-corrected chi connectivity index (χ4v) is 3.72. The highest BCUT2D eigenvalue weighted by molar-refractivity contribution is 7.94. The molecule has 110 valence electrons. The molecule has 1 amide bonds. The van der Waals surface area contributed by atoms with Gasteiger partial charge in [-0.2, -0.15) is 4.36 Å². The second-order valence-corrected chi connectivity index (χ2v) is 6.82. The third kappa shape index (κ3) is 3.11. The van der Waals surface area contributed by atoms with Crippen molar-refractivity contribution in [3.63, 3.8) is 0 Å². The van der Waals surface area contributed by atoms with Gasteiger partial charge in [-0.05, 0) is 18.2 Å². The third-order valence-corrected chi connectivity index (χ3v) is 5.27. The SMILES string of the molecule is [3H]c1ccn(-c2ccccc2S(=O)(CC)=NC(C)=O)c(=O)c1. The van der Waals surface area contributed by atoms with Crippen LogP contribution in [-0.4, -0.2) is 20.4 Å². The van der Waals surface area contributed by atoms with Crippen molar-refractivity contribution in [3.05, 3.63) is 59.0 Å². The highest BCUT2D eigenvalue weighted by Crippen LogP contribution is 2.22. The molecule has 0 aliphatic rings. The molecule has 1 aromatic heterocycles. The van der Waals surface area contributed by atoms with Crippen LogP contribution in [0.2, 0.25) is 0 Å². The number of pyridine rings is 1. The predicted octanol–water partition coefficient (Wildman–Crippen LogP) is 2.23. The molecule has 0 bridgehead atoms. The minimum absolute atomic E-state index is 0.100. The smallest absolute Gasteiger partial charge is 0.255 e. The zero-order valence-corrected chi connectivity index (χ0v) is 12.6. The average Bonchev–Trinajstić information content (AvgIpc) is 2.46. The van der Waals surface area contributed by atoms with Crippen LogP contribution < -0.4 is 5.56 Å². The van der Waals surface area contributed by atoms with E-state index in [-0.39, 0.29) is 11.8 Å². The Kier molecular flexibility index (Phi) is 3.96. The number of carbonyl (C=O) groups excluding carboxylic acids is 1. The molecule has 21 heavy (non-hydrogen) atoms. The number of hydrogen-bond acceptors (Lipinski definition) is 3. The van der Waals surface area contributed by atoms with Crippen LogP contribution in [0.4, 0.5) is 0 Å². The first kappa shape index (κ1) is 13.8. The Bertz CT molecular complexity index is 896. The summed E-state index contributed by atoms with van der Waals surface area (Å²) < 4.78 is 25.5. The van der Waals surface area contributed by atoms with Crippen molar-refractivity contribution >= 4 is 15.6 Å². The molecule has 1 atom stereocenters. The van der Waals surface area contributed by atoms with Gasteiger partial charge in [0.15, 0.2) is 0 Å². The van der Waals surface area contributed by atoms with Crippen molar-refractivity contribution < 1.29 is 10.4 Å². The van der Waals surface area contributed by atoms with E-state index in [1.807, 2.05) is 0 Å². The minimum Gasteiger partial charge on any atom is -0.283 e. The Morgan fingerprint density at radius 1 is 1.33 bits per heavy atom. The first-order valence-electron chi connectivity index (χ1n) is 6.91. The lowest BCUT2D eigenvalue weighted by molar-refractivity contribution is -0.115. The molecule has 0 saturated heterocycles. The van der Waals surface area contributed by atoms with Gasteiger partial charge in [-0.3, -0.25) is 14.2 Å². The van der Waals surface area contributed by atoms with E-state index in [1.54, 1.807) is 31.2 Å². The van der Waals surface area contributed by atoms with E-state index in [0.29, 0.717) is 10.6 Å². The summed E-state index contributed by atoms with van der Waals surface area (Å²) in [6.45, 7) is 2.93.